The number of nitrogens with one attached hydrogen (secondary N) is 2. The number of benzene rings is 1. The van der Waals surface area contributed by atoms with Crippen molar-refractivity contribution in [3.05, 3.63) is 34.9 Å². The minimum Gasteiger partial charge on any atom is -0.444 e. The minimum absolute atomic E-state index is 0.124. The summed E-state index contributed by atoms with van der Waals surface area (Å²) in [4.78, 5) is 42.9. The Labute approximate surface area is 240 Å². The maximum atomic E-state index is 14.3. The number of hydrogen-bond donors (Lipinski definition) is 2. The molecule has 1 aromatic rings. The van der Waals surface area contributed by atoms with Gasteiger partial charge in [-0.25, -0.2) is 4.79 Å². The number of thioether (sulfide) groups is 1. The fraction of sp³-hybridized carbons (Fsp3) is 0.710. The molecule has 0 radical (unpaired) electrons. The quantitative estimate of drug-likeness (QED) is 0.270. The van der Waals surface area contributed by atoms with Gasteiger partial charge < -0.3 is 20.3 Å². The van der Waals surface area contributed by atoms with E-state index >= 15 is 0 Å². The van der Waals surface area contributed by atoms with Crippen LogP contribution in [0.25, 0.3) is 0 Å². The van der Waals surface area contributed by atoms with Crippen LogP contribution in [0.4, 0.5) is 4.79 Å². The SMILES string of the molecule is CCCCCN(C(=O)C(CCSC)NC(=O)OC(C)(C)C)C(C(=O)NC1CCCCC1)c1cc(C)ccc1C. The number of carbonyl (C=O) groups excluding carboxylic acids is 3. The van der Waals surface area contributed by atoms with E-state index in [1.54, 1.807) is 37.4 Å². The highest BCUT2D eigenvalue weighted by Gasteiger charge is 2.37. The maximum absolute atomic E-state index is 14.3. The Morgan fingerprint density at radius 2 is 1.79 bits per heavy atom. The molecule has 1 aromatic carbocycles. The van der Waals surface area contributed by atoms with Gasteiger partial charge in [0, 0.05) is 12.6 Å². The molecule has 1 saturated carbocycles. The van der Waals surface area contributed by atoms with Crippen LogP contribution in [0.5, 0.6) is 0 Å². The summed E-state index contributed by atoms with van der Waals surface area (Å²) in [5.74, 6) is 0.314. The van der Waals surface area contributed by atoms with E-state index in [9.17, 15) is 14.4 Å². The molecule has 39 heavy (non-hydrogen) atoms. The average molecular weight is 562 g/mol. The van der Waals surface area contributed by atoms with Gasteiger partial charge in [0.05, 0.1) is 0 Å². The topological polar surface area (TPSA) is 87.7 Å². The maximum Gasteiger partial charge on any atom is 0.408 e. The molecule has 0 spiro atoms. The lowest BCUT2D eigenvalue weighted by Crippen LogP contribution is -2.54. The first-order valence-corrected chi connectivity index (χ1v) is 16.0. The first kappa shape index (κ1) is 33.0. The fourth-order valence-electron chi connectivity index (χ4n) is 5.07. The second-order valence-electron chi connectivity index (χ2n) is 11.8. The Balaban J connectivity index is 2.50. The molecule has 7 nitrogen and oxygen atoms in total. The van der Waals surface area contributed by atoms with Crippen LogP contribution in [0.3, 0.4) is 0 Å². The van der Waals surface area contributed by atoms with Gasteiger partial charge in [0.2, 0.25) is 11.8 Å². The van der Waals surface area contributed by atoms with E-state index in [1.165, 1.54) is 6.42 Å². The van der Waals surface area contributed by atoms with Crippen molar-refractivity contribution in [2.24, 2.45) is 0 Å². The molecule has 2 N–H and O–H groups in total. The highest BCUT2D eigenvalue weighted by Crippen LogP contribution is 2.29. The lowest BCUT2D eigenvalue weighted by atomic mass is 9.93. The highest BCUT2D eigenvalue weighted by molar-refractivity contribution is 7.98. The lowest BCUT2D eigenvalue weighted by Gasteiger charge is -2.36. The molecule has 0 aromatic heterocycles. The van der Waals surface area contributed by atoms with Crippen LogP contribution in [-0.2, 0) is 14.3 Å². The third-order valence-corrected chi connectivity index (χ3v) is 7.77. The molecule has 1 aliphatic rings. The number of alkyl carbamates (subject to hydrolysis) is 1. The summed E-state index contributed by atoms with van der Waals surface area (Å²) >= 11 is 1.62. The lowest BCUT2D eigenvalue weighted by molar-refractivity contribution is -0.143. The van der Waals surface area contributed by atoms with Gasteiger partial charge in [-0.15, -0.1) is 0 Å². The van der Waals surface area contributed by atoms with E-state index in [0.29, 0.717) is 18.7 Å². The van der Waals surface area contributed by atoms with E-state index in [4.69, 9.17) is 4.74 Å². The van der Waals surface area contributed by atoms with Gasteiger partial charge in [0.15, 0.2) is 0 Å². The van der Waals surface area contributed by atoms with Crippen molar-refractivity contribution in [3.8, 4) is 0 Å². The third kappa shape index (κ3) is 11.1. The highest BCUT2D eigenvalue weighted by atomic mass is 32.2. The van der Waals surface area contributed by atoms with E-state index in [-0.39, 0.29) is 17.9 Å². The second-order valence-corrected chi connectivity index (χ2v) is 12.8. The first-order chi connectivity index (χ1) is 18.5. The zero-order chi connectivity index (χ0) is 29.0. The van der Waals surface area contributed by atoms with Crippen LogP contribution < -0.4 is 10.6 Å². The van der Waals surface area contributed by atoms with Crippen molar-refractivity contribution < 1.29 is 19.1 Å². The smallest absolute Gasteiger partial charge is 0.408 e. The minimum atomic E-state index is -0.788. The first-order valence-electron chi connectivity index (χ1n) is 14.6. The van der Waals surface area contributed by atoms with Gasteiger partial charge in [0.25, 0.3) is 0 Å². The van der Waals surface area contributed by atoms with Crippen molar-refractivity contribution in [1.29, 1.82) is 0 Å². The number of unbranched alkanes of at least 4 members (excludes halogenated alkanes) is 2. The van der Waals surface area contributed by atoms with Crippen LogP contribution in [-0.4, -0.2) is 59.0 Å². The van der Waals surface area contributed by atoms with Crippen molar-refractivity contribution in [1.82, 2.24) is 15.5 Å². The molecule has 220 valence electrons. The van der Waals surface area contributed by atoms with Crippen LogP contribution in [0.2, 0.25) is 0 Å². The fourth-order valence-corrected chi connectivity index (χ4v) is 5.55. The Morgan fingerprint density at radius 3 is 2.41 bits per heavy atom. The molecule has 8 heteroatoms. The van der Waals surface area contributed by atoms with Gasteiger partial charge in [-0.3, -0.25) is 9.59 Å². The standard InChI is InChI=1S/C31H51N3O4S/c1-8-9-13-19-34(29(36)26(18-20-39-7)33-30(37)38-31(4,5)6)27(25-21-22(2)16-17-23(25)3)28(35)32-24-14-11-10-12-15-24/h16-17,21,24,26-27H,8-15,18-20H2,1-7H3,(H,32,35)(H,33,37). The van der Waals surface area contributed by atoms with Crippen molar-refractivity contribution >= 4 is 29.7 Å². The summed E-state index contributed by atoms with van der Waals surface area (Å²) in [6, 6.07) is 4.64. The normalized spacial score (nSPS) is 15.8. The Kier molecular flexibility index (Phi) is 13.7. The number of hydrogen-bond acceptors (Lipinski definition) is 5. The molecule has 2 rings (SSSR count). The Bertz CT molecular complexity index is 940. The molecular weight excluding hydrogens is 510 g/mol. The number of amides is 3. The Hall–Kier alpha value is -2.22. The summed E-state index contributed by atoms with van der Waals surface area (Å²) < 4.78 is 5.50. The molecule has 0 heterocycles. The van der Waals surface area contributed by atoms with Crippen molar-refractivity contribution in [2.45, 2.75) is 123 Å². The van der Waals surface area contributed by atoms with E-state index < -0.39 is 23.8 Å². The average Bonchev–Trinajstić information content (AvgIpc) is 2.87. The van der Waals surface area contributed by atoms with Crippen molar-refractivity contribution in [3.63, 3.8) is 0 Å². The van der Waals surface area contributed by atoms with Gasteiger partial charge in [-0.05, 0) is 83.4 Å². The van der Waals surface area contributed by atoms with Gasteiger partial charge in [-0.1, -0.05) is 62.8 Å². The second kappa shape index (κ2) is 16.1. The predicted molar refractivity (Wildman–Crippen MR) is 161 cm³/mol. The summed E-state index contributed by atoms with van der Waals surface area (Å²) in [5, 5.41) is 6.13. The Morgan fingerprint density at radius 1 is 1.10 bits per heavy atom. The van der Waals surface area contributed by atoms with Crippen LogP contribution in [0, 0.1) is 13.8 Å². The molecule has 0 saturated heterocycles. The van der Waals surface area contributed by atoms with Crippen LogP contribution in [0.1, 0.15) is 108 Å². The molecule has 0 bridgehead atoms. The van der Waals surface area contributed by atoms with Crippen LogP contribution >= 0.6 is 11.8 Å². The van der Waals surface area contributed by atoms with E-state index in [0.717, 1.165) is 61.6 Å². The zero-order valence-electron chi connectivity index (χ0n) is 25.2. The number of rotatable bonds is 13. The van der Waals surface area contributed by atoms with Gasteiger partial charge in [0.1, 0.15) is 17.7 Å². The third-order valence-electron chi connectivity index (χ3n) is 7.13. The summed E-state index contributed by atoms with van der Waals surface area (Å²) in [5.41, 5.74) is 2.17. The molecule has 2 unspecified atom stereocenters. The predicted octanol–water partition coefficient (Wildman–Crippen LogP) is 6.46. The largest absolute Gasteiger partial charge is 0.444 e. The molecule has 2 atom stereocenters. The molecule has 3 amide bonds. The van der Waals surface area contributed by atoms with Crippen molar-refractivity contribution in [2.75, 3.05) is 18.6 Å². The monoisotopic (exact) mass is 561 g/mol. The summed E-state index contributed by atoms with van der Waals surface area (Å²) in [7, 11) is 0. The molecule has 1 aliphatic carbocycles. The summed E-state index contributed by atoms with van der Waals surface area (Å²) in [6.45, 7) is 12.0. The number of ether oxygens (including phenoxy) is 1. The number of nitrogens with zero attached hydrogens (tertiary/aromatic N) is 1. The number of aryl methyl sites for hydroxylation is 2. The molecular formula is C31H51N3O4S. The zero-order valence-corrected chi connectivity index (χ0v) is 26.0. The number of carbonyl (C=O) groups is 3. The molecule has 1 fully saturated rings. The van der Waals surface area contributed by atoms with Gasteiger partial charge >= 0.3 is 6.09 Å². The molecule has 0 aliphatic heterocycles. The summed E-state index contributed by atoms with van der Waals surface area (Å²) in [6.07, 6.45) is 9.87. The van der Waals surface area contributed by atoms with Gasteiger partial charge in [-0.2, -0.15) is 11.8 Å². The van der Waals surface area contributed by atoms with E-state index in [1.807, 2.05) is 38.3 Å². The van der Waals surface area contributed by atoms with E-state index in [2.05, 4.69) is 17.6 Å². The van der Waals surface area contributed by atoms with Crippen LogP contribution in [0.15, 0.2) is 18.2 Å².